The van der Waals surface area contributed by atoms with Crippen molar-refractivity contribution in [2.45, 2.75) is 25.4 Å². The van der Waals surface area contributed by atoms with E-state index in [1.54, 1.807) is 18.2 Å². The standard InChI is InChI=1S/C22H18F3N5O3/c1-11-4-2-6-13(8-11)26-19(32)15-10-16(31)28-18-17(15)20(33)30-21(29-18)27-14-7-3-5-12(9-14)22(23,24)25/h2-9,15H,10H2,1H3,(H,26,32)(H3,27,28,29,30,31,33)/t15-/m0/s1. The van der Waals surface area contributed by atoms with Crippen LogP contribution in [0.2, 0.25) is 0 Å². The number of aromatic amines is 1. The highest BCUT2D eigenvalue weighted by molar-refractivity contribution is 6.04. The summed E-state index contributed by atoms with van der Waals surface area (Å²) >= 11 is 0. The first-order valence-corrected chi connectivity index (χ1v) is 9.86. The molecule has 0 saturated carbocycles. The highest BCUT2D eigenvalue weighted by Crippen LogP contribution is 2.32. The number of alkyl halides is 3. The summed E-state index contributed by atoms with van der Waals surface area (Å²) in [5.41, 5.74) is -0.148. The molecule has 0 unspecified atom stereocenters. The Bertz CT molecular complexity index is 1300. The molecule has 1 atom stereocenters. The molecule has 0 saturated heterocycles. The van der Waals surface area contributed by atoms with E-state index in [4.69, 9.17) is 0 Å². The number of hydrogen-bond acceptors (Lipinski definition) is 5. The molecule has 3 aromatic rings. The van der Waals surface area contributed by atoms with Crippen LogP contribution in [0.25, 0.3) is 0 Å². The number of aromatic nitrogens is 2. The molecule has 33 heavy (non-hydrogen) atoms. The monoisotopic (exact) mass is 457 g/mol. The van der Waals surface area contributed by atoms with Gasteiger partial charge in [0.25, 0.3) is 5.56 Å². The van der Waals surface area contributed by atoms with Gasteiger partial charge in [0, 0.05) is 17.8 Å². The van der Waals surface area contributed by atoms with E-state index in [9.17, 15) is 27.6 Å². The first-order chi connectivity index (χ1) is 15.6. The average molecular weight is 457 g/mol. The van der Waals surface area contributed by atoms with Gasteiger partial charge in [0.05, 0.1) is 17.0 Å². The molecular weight excluding hydrogens is 439 g/mol. The lowest BCUT2D eigenvalue weighted by Gasteiger charge is -2.23. The van der Waals surface area contributed by atoms with E-state index < -0.39 is 35.0 Å². The van der Waals surface area contributed by atoms with E-state index in [1.807, 2.05) is 13.0 Å². The molecule has 4 N–H and O–H groups in total. The van der Waals surface area contributed by atoms with Crippen molar-refractivity contribution < 1.29 is 22.8 Å². The minimum Gasteiger partial charge on any atom is -0.326 e. The number of rotatable bonds is 4. The van der Waals surface area contributed by atoms with Crippen molar-refractivity contribution in [2.24, 2.45) is 0 Å². The van der Waals surface area contributed by atoms with Crippen LogP contribution in [0.1, 0.15) is 29.0 Å². The fraction of sp³-hybridized carbons (Fsp3) is 0.182. The number of nitrogens with one attached hydrogen (secondary N) is 4. The lowest BCUT2D eigenvalue weighted by molar-refractivity contribution is -0.137. The predicted octanol–water partition coefficient (Wildman–Crippen LogP) is 3.91. The van der Waals surface area contributed by atoms with Gasteiger partial charge in [0.2, 0.25) is 17.8 Å². The number of hydrogen-bond donors (Lipinski definition) is 4. The molecule has 2 amide bonds. The summed E-state index contributed by atoms with van der Waals surface area (Å²) < 4.78 is 38.8. The third kappa shape index (κ3) is 4.86. The van der Waals surface area contributed by atoms with Gasteiger partial charge in [0.15, 0.2) is 0 Å². The Kier molecular flexibility index (Phi) is 5.62. The van der Waals surface area contributed by atoms with Gasteiger partial charge in [-0.3, -0.25) is 19.4 Å². The topological polar surface area (TPSA) is 116 Å². The maximum Gasteiger partial charge on any atom is 0.416 e. The molecule has 0 bridgehead atoms. The van der Waals surface area contributed by atoms with Crippen LogP contribution in [0.4, 0.5) is 36.3 Å². The van der Waals surface area contributed by atoms with Crippen molar-refractivity contribution in [3.63, 3.8) is 0 Å². The minimum atomic E-state index is -4.54. The van der Waals surface area contributed by atoms with Gasteiger partial charge in [-0.2, -0.15) is 18.2 Å². The third-order valence-corrected chi connectivity index (χ3v) is 5.01. The number of halogens is 3. The molecule has 1 aliphatic heterocycles. The van der Waals surface area contributed by atoms with Crippen LogP contribution in [0, 0.1) is 6.92 Å². The molecule has 0 radical (unpaired) electrons. The van der Waals surface area contributed by atoms with Crippen molar-refractivity contribution in [3.8, 4) is 0 Å². The summed E-state index contributed by atoms with van der Waals surface area (Å²) in [6.07, 6.45) is -4.80. The van der Waals surface area contributed by atoms with Crippen molar-refractivity contribution in [3.05, 3.63) is 75.6 Å². The maximum atomic E-state index is 12.9. The average Bonchev–Trinajstić information content (AvgIpc) is 2.72. The largest absolute Gasteiger partial charge is 0.416 e. The van der Waals surface area contributed by atoms with Gasteiger partial charge in [-0.1, -0.05) is 18.2 Å². The zero-order chi connectivity index (χ0) is 23.8. The quantitative estimate of drug-likeness (QED) is 0.474. The second-order valence-electron chi connectivity index (χ2n) is 7.54. The minimum absolute atomic E-state index is 0.0313. The Hall–Kier alpha value is -4.15. The van der Waals surface area contributed by atoms with Crippen molar-refractivity contribution in [2.75, 3.05) is 16.0 Å². The first-order valence-electron chi connectivity index (χ1n) is 9.86. The van der Waals surface area contributed by atoms with E-state index in [-0.39, 0.29) is 29.4 Å². The number of nitrogens with zero attached hydrogens (tertiary/aromatic N) is 1. The first kappa shape index (κ1) is 22.1. The molecule has 0 aliphatic carbocycles. The molecule has 8 nitrogen and oxygen atoms in total. The van der Waals surface area contributed by atoms with Crippen LogP contribution in [0.5, 0.6) is 0 Å². The molecule has 2 heterocycles. The molecule has 4 rings (SSSR count). The highest BCUT2D eigenvalue weighted by Gasteiger charge is 2.35. The number of H-pyrrole nitrogens is 1. The van der Waals surface area contributed by atoms with Gasteiger partial charge in [-0.15, -0.1) is 0 Å². The van der Waals surface area contributed by atoms with Crippen molar-refractivity contribution in [1.29, 1.82) is 0 Å². The predicted molar refractivity (Wildman–Crippen MR) is 115 cm³/mol. The van der Waals surface area contributed by atoms with Gasteiger partial charge in [-0.25, -0.2) is 0 Å². The normalized spacial score (nSPS) is 15.4. The second-order valence-corrected chi connectivity index (χ2v) is 7.54. The Labute approximate surface area is 185 Å². The van der Waals surface area contributed by atoms with Crippen molar-refractivity contribution in [1.82, 2.24) is 9.97 Å². The van der Waals surface area contributed by atoms with Gasteiger partial charge < -0.3 is 16.0 Å². The van der Waals surface area contributed by atoms with Gasteiger partial charge in [0.1, 0.15) is 5.82 Å². The van der Waals surface area contributed by atoms with E-state index >= 15 is 0 Å². The summed E-state index contributed by atoms with van der Waals surface area (Å²) in [5, 5.41) is 7.74. The molecule has 2 aromatic carbocycles. The summed E-state index contributed by atoms with van der Waals surface area (Å²) in [4.78, 5) is 44.4. The number of amides is 2. The van der Waals surface area contributed by atoms with E-state index in [0.717, 1.165) is 17.7 Å². The molecule has 11 heteroatoms. The number of fused-ring (bicyclic) bond motifs is 1. The second kappa shape index (κ2) is 8.41. The summed E-state index contributed by atoms with van der Waals surface area (Å²) in [5.74, 6) is -2.47. The van der Waals surface area contributed by atoms with Crippen LogP contribution in [-0.2, 0) is 15.8 Å². The molecule has 1 aromatic heterocycles. The SMILES string of the molecule is Cc1cccc(NC(=O)[C@H]2CC(=O)Nc3nc(Nc4cccc(C(F)(F)F)c4)[nH]c(=O)c32)c1. The lowest BCUT2D eigenvalue weighted by atomic mass is 9.92. The van der Waals surface area contributed by atoms with Crippen LogP contribution in [0.15, 0.2) is 53.3 Å². The number of carbonyl (C=O) groups is 2. The lowest BCUT2D eigenvalue weighted by Crippen LogP contribution is -2.36. The number of aryl methyl sites for hydroxylation is 1. The third-order valence-electron chi connectivity index (χ3n) is 5.01. The zero-order valence-electron chi connectivity index (χ0n) is 17.2. The van der Waals surface area contributed by atoms with Crippen LogP contribution in [0.3, 0.4) is 0 Å². The zero-order valence-corrected chi connectivity index (χ0v) is 17.2. The molecule has 0 spiro atoms. The Morgan fingerprint density at radius 2 is 1.82 bits per heavy atom. The smallest absolute Gasteiger partial charge is 0.326 e. The number of benzene rings is 2. The molecule has 1 aliphatic rings. The Morgan fingerprint density at radius 3 is 2.55 bits per heavy atom. The van der Waals surface area contributed by atoms with Gasteiger partial charge in [-0.05, 0) is 42.8 Å². The summed E-state index contributed by atoms with van der Waals surface area (Å²) in [6.45, 7) is 1.85. The van der Waals surface area contributed by atoms with Crippen molar-refractivity contribution >= 4 is 35.0 Å². The number of anilines is 4. The fourth-order valence-corrected chi connectivity index (χ4v) is 3.52. The maximum absolute atomic E-state index is 12.9. The van der Waals surface area contributed by atoms with E-state index in [2.05, 4.69) is 25.9 Å². The van der Waals surface area contributed by atoms with E-state index in [0.29, 0.717) is 5.69 Å². The molecular formula is C22H18F3N5O3. The highest BCUT2D eigenvalue weighted by atomic mass is 19.4. The molecule has 170 valence electrons. The van der Waals surface area contributed by atoms with E-state index in [1.165, 1.54) is 12.1 Å². The fourth-order valence-electron chi connectivity index (χ4n) is 3.52. The summed E-state index contributed by atoms with van der Waals surface area (Å²) in [7, 11) is 0. The number of carbonyl (C=O) groups excluding carboxylic acids is 2. The summed E-state index contributed by atoms with van der Waals surface area (Å²) in [6, 6.07) is 11.4. The Balaban J connectivity index is 1.63. The van der Waals surface area contributed by atoms with Crippen LogP contribution >= 0.6 is 0 Å². The molecule has 0 fully saturated rings. The van der Waals surface area contributed by atoms with Gasteiger partial charge >= 0.3 is 6.18 Å². The Morgan fingerprint density at radius 1 is 1.09 bits per heavy atom. The van der Waals surface area contributed by atoms with Crippen LogP contribution in [-0.4, -0.2) is 21.8 Å². The van der Waals surface area contributed by atoms with Crippen LogP contribution < -0.4 is 21.5 Å².